The Balaban J connectivity index is 2.47. The molecule has 1 aromatic rings. The van der Waals surface area contributed by atoms with Crippen molar-refractivity contribution in [2.45, 2.75) is 57.8 Å². The van der Waals surface area contributed by atoms with Crippen LogP contribution in [0.2, 0.25) is 0 Å². The predicted molar refractivity (Wildman–Crippen MR) is 79.5 cm³/mol. The molecule has 0 aromatic heterocycles. The van der Waals surface area contributed by atoms with E-state index in [9.17, 15) is 4.79 Å². The highest BCUT2D eigenvalue weighted by atomic mass is 16.5. The first-order valence-electron chi connectivity index (χ1n) is 7.36. The van der Waals surface area contributed by atoms with Crippen molar-refractivity contribution in [2.24, 2.45) is 0 Å². The van der Waals surface area contributed by atoms with Crippen molar-refractivity contribution in [3.63, 3.8) is 0 Å². The molecule has 0 atom stereocenters. The molecular formula is C17H24O3. The molecule has 1 aliphatic rings. The fraction of sp³-hybridized carbons (Fsp3) is 0.588. The van der Waals surface area contributed by atoms with Crippen LogP contribution in [0.5, 0.6) is 5.75 Å². The highest BCUT2D eigenvalue weighted by molar-refractivity contribution is 5.70. The average Bonchev–Trinajstić information content (AvgIpc) is 2.38. The monoisotopic (exact) mass is 276 g/mol. The lowest BCUT2D eigenvalue weighted by molar-refractivity contribution is -0.136. The van der Waals surface area contributed by atoms with Gasteiger partial charge in [-0.05, 0) is 36.3 Å². The molecule has 0 radical (unpaired) electrons. The number of carboxylic acids is 1. The summed E-state index contributed by atoms with van der Waals surface area (Å²) in [4.78, 5) is 11.0. The second-order valence-electron chi connectivity index (χ2n) is 6.19. The van der Waals surface area contributed by atoms with Crippen molar-refractivity contribution in [1.82, 2.24) is 0 Å². The average molecular weight is 276 g/mol. The van der Waals surface area contributed by atoms with Crippen molar-refractivity contribution in [3.8, 4) is 5.75 Å². The molecule has 0 aliphatic heterocycles. The second kappa shape index (κ2) is 5.86. The van der Waals surface area contributed by atoms with Crippen molar-refractivity contribution in [1.29, 1.82) is 0 Å². The molecule has 110 valence electrons. The van der Waals surface area contributed by atoms with Crippen LogP contribution in [0.3, 0.4) is 0 Å². The van der Waals surface area contributed by atoms with Crippen LogP contribution in [0, 0.1) is 6.92 Å². The van der Waals surface area contributed by atoms with Crippen LogP contribution in [0.1, 0.15) is 55.7 Å². The smallest absolute Gasteiger partial charge is 0.307 e. The number of carbonyl (C=O) groups is 1. The van der Waals surface area contributed by atoms with Crippen molar-refractivity contribution in [2.75, 3.05) is 7.11 Å². The SMILES string of the molecule is COc1c(C)cc(CC(=O)O)cc1C1(C)CCCCC1. The van der Waals surface area contributed by atoms with Crippen LogP contribution in [0.25, 0.3) is 0 Å². The summed E-state index contributed by atoms with van der Waals surface area (Å²) in [6.07, 6.45) is 6.15. The molecule has 3 heteroatoms. The molecule has 1 fully saturated rings. The van der Waals surface area contributed by atoms with Crippen molar-refractivity contribution >= 4 is 5.97 Å². The molecule has 20 heavy (non-hydrogen) atoms. The highest BCUT2D eigenvalue weighted by Crippen LogP contribution is 2.44. The van der Waals surface area contributed by atoms with Crippen molar-refractivity contribution < 1.29 is 14.6 Å². The van der Waals surface area contributed by atoms with Gasteiger partial charge in [0.15, 0.2) is 0 Å². The molecule has 0 amide bonds. The lowest BCUT2D eigenvalue weighted by atomic mass is 9.70. The Labute approximate surface area is 121 Å². The Morgan fingerprint density at radius 3 is 2.50 bits per heavy atom. The normalized spacial score (nSPS) is 17.8. The molecule has 0 spiro atoms. The maximum absolute atomic E-state index is 11.0. The van der Waals surface area contributed by atoms with Gasteiger partial charge in [0.05, 0.1) is 13.5 Å². The maximum Gasteiger partial charge on any atom is 0.307 e. The minimum Gasteiger partial charge on any atom is -0.496 e. The van der Waals surface area contributed by atoms with Gasteiger partial charge < -0.3 is 9.84 Å². The number of aryl methyl sites for hydroxylation is 1. The molecule has 2 rings (SSSR count). The molecule has 0 heterocycles. The first-order chi connectivity index (χ1) is 9.46. The topological polar surface area (TPSA) is 46.5 Å². The predicted octanol–water partition coefficient (Wildman–Crippen LogP) is 3.85. The first-order valence-corrected chi connectivity index (χ1v) is 7.36. The third-order valence-corrected chi connectivity index (χ3v) is 4.50. The summed E-state index contributed by atoms with van der Waals surface area (Å²) < 4.78 is 5.61. The number of carboxylic acid groups (broad SMARTS) is 1. The van der Waals surface area contributed by atoms with Gasteiger partial charge in [-0.3, -0.25) is 4.79 Å². The Morgan fingerprint density at radius 2 is 1.95 bits per heavy atom. The van der Waals surface area contributed by atoms with Crippen LogP contribution >= 0.6 is 0 Å². The zero-order chi connectivity index (χ0) is 14.8. The number of aliphatic carboxylic acids is 1. The third-order valence-electron chi connectivity index (χ3n) is 4.50. The first kappa shape index (κ1) is 14.9. The minimum absolute atomic E-state index is 0.0773. The summed E-state index contributed by atoms with van der Waals surface area (Å²) in [7, 11) is 1.70. The van der Waals surface area contributed by atoms with Gasteiger partial charge in [0, 0.05) is 5.56 Å². The van der Waals surface area contributed by atoms with E-state index in [0.717, 1.165) is 29.7 Å². The minimum atomic E-state index is -0.783. The van der Waals surface area contributed by atoms with E-state index in [-0.39, 0.29) is 11.8 Å². The number of rotatable bonds is 4. The van der Waals surface area contributed by atoms with E-state index >= 15 is 0 Å². The van der Waals surface area contributed by atoms with E-state index in [1.165, 1.54) is 24.8 Å². The van der Waals surface area contributed by atoms with Gasteiger partial charge in [-0.25, -0.2) is 0 Å². The summed E-state index contributed by atoms with van der Waals surface area (Å²) in [5.74, 6) is 0.151. The molecule has 0 saturated heterocycles. The Morgan fingerprint density at radius 1 is 1.30 bits per heavy atom. The molecule has 0 unspecified atom stereocenters. The zero-order valence-electron chi connectivity index (χ0n) is 12.7. The van der Waals surface area contributed by atoms with Crippen LogP contribution in [-0.4, -0.2) is 18.2 Å². The maximum atomic E-state index is 11.0. The molecule has 0 bridgehead atoms. The zero-order valence-corrected chi connectivity index (χ0v) is 12.7. The van der Waals surface area contributed by atoms with E-state index < -0.39 is 5.97 Å². The van der Waals surface area contributed by atoms with E-state index in [0.29, 0.717) is 0 Å². The molecule has 3 nitrogen and oxygen atoms in total. The summed E-state index contributed by atoms with van der Waals surface area (Å²) in [6.45, 7) is 4.29. The highest BCUT2D eigenvalue weighted by Gasteiger charge is 2.32. The quantitative estimate of drug-likeness (QED) is 0.908. The fourth-order valence-corrected chi connectivity index (χ4v) is 3.45. The molecule has 1 saturated carbocycles. The van der Waals surface area contributed by atoms with Gasteiger partial charge in [-0.2, -0.15) is 0 Å². The van der Waals surface area contributed by atoms with Crippen LogP contribution in [0.15, 0.2) is 12.1 Å². The summed E-state index contributed by atoms with van der Waals surface area (Å²) in [6, 6.07) is 3.98. The lowest BCUT2D eigenvalue weighted by Crippen LogP contribution is -2.26. The second-order valence-corrected chi connectivity index (χ2v) is 6.19. The summed E-state index contributed by atoms with van der Waals surface area (Å²) in [5.41, 5.74) is 3.21. The molecule has 1 N–H and O–H groups in total. The van der Waals surface area contributed by atoms with E-state index in [2.05, 4.69) is 6.92 Å². The molecular weight excluding hydrogens is 252 g/mol. The number of benzene rings is 1. The Bertz CT molecular complexity index is 499. The van der Waals surface area contributed by atoms with Crippen molar-refractivity contribution in [3.05, 3.63) is 28.8 Å². The summed E-state index contributed by atoms with van der Waals surface area (Å²) in [5, 5.41) is 9.02. The standard InChI is InChI=1S/C17H24O3/c1-12-9-13(11-15(18)19)10-14(16(12)20-3)17(2)7-5-4-6-8-17/h9-10H,4-8,11H2,1-3H3,(H,18,19). The Hall–Kier alpha value is -1.51. The van der Waals surface area contributed by atoms with Gasteiger partial charge in [-0.1, -0.05) is 38.3 Å². The van der Waals surface area contributed by atoms with E-state index in [4.69, 9.17) is 9.84 Å². The van der Waals surface area contributed by atoms with Crippen LogP contribution in [0.4, 0.5) is 0 Å². The van der Waals surface area contributed by atoms with Crippen LogP contribution in [-0.2, 0) is 16.6 Å². The molecule has 1 aliphatic carbocycles. The van der Waals surface area contributed by atoms with E-state index in [1.807, 2.05) is 19.1 Å². The van der Waals surface area contributed by atoms with Gasteiger partial charge in [0.1, 0.15) is 5.75 Å². The van der Waals surface area contributed by atoms with Gasteiger partial charge in [0.2, 0.25) is 0 Å². The largest absolute Gasteiger partial charge is 0.496 e. The number of hydrogen-bond donors (Lipinski definition) is 1. The number of methoxy groups -OCH3 is 1. The van der Waals surface area contributed by atoms with E-state index in [1.54, 1.807) is 7.11 Å². The Kier molecular flexibility index (Phi) is 4.36. The van der Waals surface area contributed by atoms with Gasteiger partial charge in [0.25, 0.3) is 0 Å². The number of ether oxygens (including phenoxy) is 1. The number of hydrogen-bond acceptors (Lipinski definition) is 2. The van der Waals surface area contributed by atoms with Crippen LogP contribution < -0.4 is 4.74 Å². The summed E-state index contributed by atoms with van der Waals surface area (Å²) >= 11 is 0. The fourth-order valence-electron chi connectivity index (χ4n) is 3.45. The van der Waals surface area contributed by atoms with Gasteiger partial charge in [-0.15, -0.1) is 0 Å². The third kappa shape index (κ3) is 2.97. The lowest BCUT2D eigenvalue weighted by Gasteiger charge is -2.36. The molecule has 1 aromatic carbocycles. The van der Waals surface area contributed by atoms with Gasteiger partial charge >= 0.3 is 5.97 Å².